The van der Waals surface area contributed by atoms with Crippen LogP contribution in [0.25, 0.3) is 0 Å². The van der Waals surface area contributed by atoms with E-state index in [1.165, 1.54) is 25.7 Å². The zero-order valence-corrected chi connectivity index (χ0v) is 17.4. The minimum absolute atomic E-state index is 0.0831. The van der Waals surface area contributed by atoms with E-state index in [0.29, 0.717) is 18.9 Å². The quantitative estimate of drug-likeness (QED) is 0.732. The van der Waals surface area contributed by atoms with E-state index in [1.807, 2.05) is 18.2 Å². The number of hydrogen-bond donors (Lipinski definition) is 2. The Morgan fingerprint density at radius 3 is 2.80 bits per heavy atom. The Balaban J connectivity index is 1.35. The molecule has 1 aromatic rings. The number of hydrogen-bond acceptors (Lipinski definition) is 5. The van der Waals surface area contributed by atoms with Gasteiger partial charge in [-0.25, -0.2) is 0 Å². The zero-order valence-electron chi connectivity index (χ0n) is 17.4. The average Bonchev–Trinajstić information content (AvgIpc) is 3.26. The molecule has 3 unspecified atom stereocenters. The van der Waals surface area contributed by atoms with Crippen LogP contribution in [0.1, 0.15) is 60.0 Å². The Labute approximate surface area is 177 Å². The molecule has 1 aromatic carbocycles. The van der Waals surface area contributed by atoms with Crippen molar-refractivity contribution in [2.45, 2.75) is 57.7 Å². The van der Waals surface area contributed by atoms with Gasteiger partial charge in [-0.1, -0.05) is 31.0 Å². The number of nitrogens with one attached hydrogen (secondary N) is 1. The topological polar surface area (TPSA) is 95.7 Å². The lowest BCUT2D eigenvalue weighted by atomic mass is 9.68. The molecule has 160 valence electrons. The van der Waals surface area contributed by atoms with Gasteiger partial charge in [-0.15, -0.1) is 0 Å². The molecule has 0 radical (unpaired) electrons. The number of nitrogens with zero attached hydrogens (tertiary/aromatic N) is 2. The van der Waals surface area contributed by atoms with E-state index in [9.17, 15) is 14.4 Å². The summed E-state index contributed by atoms with van der Waals surface area (Å²) < 4.78 is 0. The van der Waals surface area contributed by atoms with Gasteiger partial charge in [-0.2, -0.15) is 0 Å². The van der Waals surface area contributed by atoms with Gasteiger partial charge in [0, 0.05) is 38.2 Å². The minimum atomic E-state index is -0.564. The Hall–Kier alpha value is -2.25. The molecule has 3 N–H and O–H groups in total. The summed E-state index contributed by atoms with van der Waals surface area (Å²) in [6.07, 6.45) is 5.69. The monoisotopic (exact) mass is 410 g/mol. The first-order valence-corrected chi connectivity index (χ1v) is 11.2. The van der Waals surface area contributed by atoms with Gasteiger partial charge in [-0.3, -0.25) is 24.6 Å². The molecule has 1 aliphatic carbocycles. The normalized spacial score (nSPS) is 31.6. The van der Waals surface area contributed by atoms with Crippen LogP contribution in [0.5, 0.6) is 0 Å². The fraction of sp³-hybridized carbons (Fsp3) is 0.609. The Kier molecular flexibility index (Phi) is 4.90. The van der Waals surface area contributed by atoms with E-state index in [0.717, 1.165) is 42.9 Å². The van der Waals surface area contributed by atoms with Gasteiger partial charge in [0.2, 0.25) is 11.8 Å². The van der Waals surface area contributed by atoms with Crippen LogP contribution < -0.4 is 11.1 Å². The summed E-state index contributed by atoms with van der Waals surface area (Å²) in [7, 11) is 0. The van der Waals surface area contributed by atoms with Crippen molar-refractivity contribution in [2.24, 2.45) is 17.1 Å². The highest BCUT2D eigenvalue weighted by molar-refractivity contribution is 6.05. The van der Waals surface area contributed by atoms with Crippen LogP contribution in [0.2, 0.25) is 0 Å². The predicted molar refractivity (Wildman–Crippen MR) is 111 cm³/mol. The van der Waals surface area contributed by atoms with E-state index in [1.54, 1.807) is 4.90 Å². The van der Waals surface area contributed by atoms with Gasteiger partial charge in [0.15, 0.2) is 0 Å². The number of piperidine rings is 1. The van der Waals surface area contributed by atoms with Crippen molar-refractivity contribution < 1.29 is 14.4 Å². The van der Waals surface area contributed by atoms with Crippen molar-refractivity contribution in [3.63, 3.8) is 0 Å². The first-order valence-electron chi connectivity index (χ1n) is 11.2. The molecular formula is C23H30N4O3. The molecule has 3 atom stereocenters. The second kappa shape index (κ2) is 7.46. The van der Waals surface area contributed by atoms with Crippen molar-refractivity contribution >= 4 is 17.7 Å². The summed E-state index contributed by atoms with van der Waals surface area (Å²) >= 11 is 0. The number of amides is 3. The third kappa shape index (κ3) is 3.15. The van der Waals surface area contributed by atoms with Crippen LogP contribution in [0.3, 0.4) is 0 Å². The molecular weight excluding hydrogens is 380 g/mol. The summed E-state index contributed by atoms with van der Waals surface area (Å²) in [4.78, 5) is 41.2. The van der Waals surface area contributed by atoms with Crippen LogP contribution in [0.15, 0.2) is 18.2 Å². The molecule has 3 heterocycles. The van der Waals surface area contributed by atoms with Gasteiger partial charge in [0.25, 0.3) is 5.91 Å². The van der Waals surface area contributed by atoms with E-state index >= 15 is 0 Å². The highest BCUT2D eigenvalue weighted by Crippen LogP contribution is 2.46. The summed E-state index contributed by atoms with van der Waals surface area (Å²) in [6.45, 7) is 3.97. The molecule has 0 spiro atoms. The molecule has 7 nitrogen and oxygen atoms in total. The number of nitrogens with two attached hydrogens (primary N) is 1. The number of imide groups is 1. The first-order chi connectivity index (χ1) is 14.5. The highest BCUT2D eigenvalue weighted by atomic mass is 16.2. The zero-order chi connectivity index (χ0) is 20.9. The summed E-state index contributed by atoms with van der Waals surface area (Å²) in [5, 5.41) is 2.37. The smallest absolute Gasteiger partial charge is 0.255 e. The average molecular weight is 411 g/mol. The van der Waals surface area contributed by atoms with Gasteiger partial charge >= 0.3 is 0 Å². The van der Waals surface area contributed by atoms with Gasteiger partial charge in [0.1, 0.15) is 6.04 Å². The molecule has 0 bridgehead atoms. The molecule has 7 heteroatoms. The largest absolute Gasteiger partial charge is 0.330 e. The standard InChI is InChI=1S/C23H30N4O3/c24-13-23-9-2-1-6-17(23)12-26(14-23)10-15-4-3-5-16-11-27(22(30)20(15)16)18-7-8-19(28)25-21(18)29/h3-5,17-18H,1-2,6-14,24H2,(H,25,28,29). The van der Waals surface area contributed by atoms with Crippen LogP contribution in [0, 0.1) is 11.3 Å². The number of benzene rings is 1. The Bertz CT molecular complexity index is 900. The van der Waals surface area contributed by atoms with E-state index in [-0.39, 0.29) is 29.6 Å². The number of carbonyl (C=O) groups excluding carboxylic acids is 3. The predicted octanol–water partition coefficient (Wildman–Crippen LogP) is 1.40. The van der Waals surface area contributed by atoms with Crippen molar-refractivity contribution in [3.8, 4) is 0 Å². The third-order valence-corrected chi connectivity index (χ3v) is 7.80. The fourth-order valence-corrected chi connectivity index (χ4v) is 6.21. The van der Waals surface area contributed by atoms with Crippen LogP contribution >= 0.6 is 0 Å². The van der Waals surface area contributed by atoms with Gasteiger partial charge in [0.05, 0.1) is 0 Å². The van der Waals surface area contributed by atoms with Crippen LogP contribution in [-0.2, 0) is 22.7 Å². The van der Waals surface area contributed by atoms with Crippen LogP contribution in [-0.4, -0.2) is 53.2 Å². The van der Waals surface area contributed by atoms with Crippen molar-refractivity contribution in [2.75, 3.05) is 19.6 Å². The maximum absolute atomic E-state index is 13.3. The molecule has 30 heavy (non-hydrogen) atoms. The number of carbonyl (C=O) groups is 3. The SMILES string of the molecule is NCC12CCCCC1CN(Cc1cccc3c1C(=O)N(C1CCC(=O)NC1=O)C3)C2. The maximum Gasteiger partial charge on any atom is 0.255 e. The van der Waals surface area contributed by atoms with E-state index in [4.69, 9.17) is 5.73 Å². The Morgan fingerprint density at radius 2 is 2.03 bits per heavy atom. The summed E-state index contributed by atoms with van der Waals surface area (Å²) in [5.41, 5.74) is 9.22. The lowest BCUT2D eigenvalue weighted by Crippen LogP contribution is -2.52. The molecule has 3 fully saturated rings. The van der Waals surface area contributed by atoms with E-state index in [2.05, 4.69) is 10.2 Å². The first kappa shape index (κ1) is 19.7. The summed E-state index contributed by atoms with van der Waals surface area (Å²) in [5.74, 6) is -0.0446. The highest BCUT2D eigenvalue weighted by Gasteiger charge is 2.47. The molecule has 1 saturated carbocycles. The number of fused-ring (bicyclic) bond motifs is 2. The minimum Gasteiger partial charge on any atom is -0.330 e. The van der Waals surface area contributed by atoms with Crippen molar-refractivity contribution in [3.05, 3.63) is 34.9 Å². The second-order valence-electron chi connectivity index (χ2n) is 9.53. The lowest BCUT2D eigenvalue weighted by Gasteiger charge is -2.37. The molecule has 0 aromatic heterocycles. The third-order valence-electron chi connectivity index (χ3n) is 7.80. The molecule has 3 aliphatic heterocycles. The Morgan fingerprint density at radius 1 is 1.17 bits per heavy atom. The lowest BCUT2D eigenvalue weighted by molar-refractivity contribution is -0.136. The molecule has 4 aliphatic rings. The molecule has 2 saturated heterocycles. The van der Waals surface area contributed by atoms with Crippen LogP contribution in [0.4, 0.5) is 0 Å². The van der Waals surface area contributed by atoms with Gasteiger partial charge in [-0.05, 0) is 48.3 Å². The number of rotatable bonds is 4. The van der Waals surface area contributed by atoms with Gasteiger partial charge < -0.3 is 10.6 Å². The second-order valence-corrected chi connectivity index (χ2v) is 9.53. The van der Waals surface area contributed by atoms with Crippen molar-refractivity contribution in [1.29, 1.82) is 0 Å². The van der Waals surface area contributed by atoms with E-state index < -0.39 is 6.04 Å². The molecule has 3 amide bonds. The fourth-order valence-electron chi connectivity index (χ4n) is 6.21. The molecule has 5 rings (SSSR count). The summed E-state index contributed by atoms with van der Waals surface area (Å²) in [6, 6.07) is 5.47. The maximum atomic E-state index is 13.3. The van der Waals surface area contributed by atoms with Crippen molar-refractivity contribution in [1.82, 2.24) is 15.1 Å². The number of likely N-dealkylation sites (tertiary alicyclic amines) is 1.